The van der Waals surface area contributed by atoms with E-state index in [4.69, 9.17) is 30.5 Å². The second-order valence-electron chi connectivity index (χ2n) is 5.91. The Morgan fingerprint density at radius 2 is 1.69 bits per heavy atom. The van der Waals surface area contributed by atoms with E-state index in [1.54, 1.807) is 43.3 Å². The van der Waals surface area contributed by atoms with E-state index in [9.17, 15) is 9.59 Å². The summed E-state index contributed by atoms with van der Waals surface area (Å²) in [5, 5.41) is 3.15. The largest absolute Gasteiger partial charge is 0.495 e. The summed E-state index contributed by atoms with van der Waals surface area (Å²) in [4.78, 5) is 24.0. The lowest BCUT2D eigenvalue weighted by Gasteiger charge is -2.12. The molecule has 0 aliphatic heterocycles. The van der Waals surface area contributed by atoms with Gasteiger partial charge < -0.3 is 24.3 Å². The van der Waals surface area contributed by atoms with Gasteiger partial charge in [0.05, 0.1) is 27.0 Å². The smallest absolute Gasteiger partial charge is 0.331 e. The van der Waals surface area contributed by atoms with E-state index in [0.717, 1.165) is 5.56 Å². The van der Waals surface area contributed by atoms with Crippen LogP contribution in [-0.4, -0.2) is 39.8 Å². The van der Waals surface area contributed by atoms with Crippen molar-refractivity contribution in [1.82, 2.24) is 0 Å². The highest BCUT2D eigenvalue weighted by Crippen LogP contribution is 2.31. The van der Waals surface area contributed by atoms with Gasteiger partial charge in [0.1, 0.15) is 5.75 Å². The van der Waals surface area contributed by atoms with E-state index in [1.807, 2.05) is 0 Å². The first-order valence-corrected chi connectivity index (χ1v) is 8.96. The third-order valence-electron chi connectivity index (χ3n) is 3.92. The quantitative estimate of drug-likeness (QED) is 0.516. The normalized spacial score (nSPS) is 10.5. The van der Waals surface area contributed by atoms with Crippen molar-refractivity contribution in [2.24, 2.45) is 0 Å². The van der Waals surface area contributed by atoms with Crippen molar-refractivity contribution in [3.8, 4) is 17.2 Å². The molecular weight excluding hydrogens is 398 g/mol. The Bertz CT molecular complexity index is 926. The monoisotopic (exact) mass is 419 g/mol. The Hall–Kier alpha value is -3.19. The second-order valence-corrected chi connectivity index (χ2v) is 6.31. The number of hydrogen-bond acceptors (Lipinski definition) is 6. The highest BCUT2D eigenvalue weighted by molar-refractivity contribution is 6.31. The molecule has 0 radical (unpaired) electrons. The lowest BCUT2D eigenvalue weighted by molar-refractivity contribution is -0.142. The summed E-state index contributed by atoms with van der Waals surface area (Å²) in [6.45, 7) is 1.36. The summed E-state index contributed by atoms with van der Waals surface area (Å²) in [7, 11) is 4.53. The van der Waals surface area contributed by atoms with Gasteiger partial charge in [0.2, 0.25) is 0 Å². The van der Waals surface area contributed by atoms with Crippen LogP contribution in [-0.2, 0) is 14.3 Å². The molecule has 154 valence electrons. The summed E-state index contributed by atoms with van der Waals surface area (Å²) in [6, 6.07) is 8.47. The summed E-state index contributed by atoms with van der Waals surface area (Å²) in [6.07, 6.45) is 2.77. The molecule has 2 aromatic carbocycles. The fraction of sp³-hybridized carbons (Fsp3) is 0.238. The van der Waals surface area contributed by atoms with E-state index in [-0.39, 0.29) is 0 Å². The molecule has 0 heterocycles. The molecule has 0 aromatic heterocycles. The number of benzene rings is 2. The molecule has 0 aliphatic rings. The molecular formula is C21H22ClNO6. The predicted octanol–water partition coefficient (Wildman–Crippen LogP) is 3.87. The minimum Gasteiger partial charge on any atom is -0.495 e. The molecule has 0 spiro atoms. The molecule has 29 heavy (non-hydrogen) atoms. The van der Waals surface area contributed by atoms with Crippen molar-refractivity contribution in [2.75, 3.05) is 33.3 Å². The van der Waals surface area contributed by atoms with Gasteiger partial charge in [0.15, 0.2) is 18.1 Å². The van der Waals surface area contributed by atoms with Gasteiger partial charge >= 0.3 is 5.97 Å². The maximum Gasteiger partial charge on any atom is 0.331 e. The first kappa shape index (κ1) is 22.1. The van der Waals surface area contributed by atoms with Crippen molar-refractivity contribution in [2.45, 2.75) is 6.92 Å². The number of carbonyl (C=O) groups excluding carboxylic acids is 2. The van der Waals surface area contributed by atoms with Crippen LogP contribution in [0.2, 0.25) is 5.02 Å². The van der Waals surface area contributed by atoms with Crippen molar-refractivity contribution in [1.29, 1.82) is 0 Å². The number of hydrogen-bond donors (Lipinski definition) is 1. The number of anilines is 1. The number of rotatable bonds is 8. The molecule has 0 atom stereocenters. The van der Waals surface area contributed by atoms with Crippen LogP contribution >= 0.6 is 11.6 Å². The lowest BCUT2D eigenvalue weighted by atomic mass is 10.2. The van der Waals surface area contributed by atoms with E-state index in [2.05, 4.69) is 5.32 Å². The zero-order chi connectivity index (χ0) is 21.4. The Morgan fingerprint density at radius 1 is 1.00 bits per heavy atom. The van der Waals surface area contributed by atoms with Gasteiger partial charge in [0, 0.05) is 17.2 Å². The molecule has 1 amide bonds. The SMILES string of the molecule is COc1cc(Cl)c(C)cc1NC(=O)COC(=O)/C=C/c1ccc(OC)c(OC)c1. The molecule has 2 aromatic rings. The maximum absolute atomic E-state index is 12.1. The van der Waals surface area contributed by atoms with Crippen LogP contribution < -0.4 is 19.5 Å². The van der Waals surface area contributed by atoms with Crippen LogP contribution in [0.25, 0.3) is 6.08 Å². The highest BCUT2D eigenvalue weighted by atomic mass is 35.5. The number of halogens is 1. The van der Waals surface area contributed by atoms with Crippen LogP contribution in [0.3, 0.4) is 0 Å². The highest BCUT2D eigenvalue weighted by Gasteiger charge is 2.12. The summed E-state index contributed by atoms with van der Waals surface area (Å²) >= 11 is 6.04. The Balaban J connectivity index is 1.93. The van der Waals surface area contributed by atoms with Gasteiger partial charge in [-0.3, -0.25) is 4.79 Å². The average Bonchev–Trinajstić information content (AvgIpc) is 2.72. The molecule has 0 unspecified atom stereocenters. The fourth-order valence-electron chi connectivity index (χ4n) is 2.42. The first-order valence-electron chi connectivity index (χ1n) is 8.58. The zero-order valence-corrected chi connectivity index (χ0v) is 17.3. The molecule has 8 heteroatoms. The number of ether oxygens (including phenoxy) is 4. The number of amides is 1. The van der Waals surface area contributed by atoms with Gasteiger partial charge in [-0.15, -0.1) is 0 Å². The van der Waals surface area contributed by atoms with Crippen LogP contribution in [0, 0.1) is 6.92 Å². The number of aryl methyl sites for hydroxylation is 1. The summed E-state index contributed by atoms with van der Waals surface area (Å²) in [5.74, 6) is 0.368. The van der Waals surface area contributed by atoms with Gasteiger partial charge in [-0.25, -0.2) is 4.79 Å². The van der Waals surface area contributed by atoms with Crippen LogP contribution in [0.5, 0.6) is 17.2 Å². The van der Waals surface area contributed by atoms with E-state index < -0.39 is 18.5 Å². The van der Waals surface area contributed by atoms with Crippen molar-refractivity contribution >= 4 is 35.2 Å². The molecule has 7 nitrogen and oxygen atoms in total. The molecule has 0 bridgehead atoms. The third kappa shape index (κ3) is 6.15. The molecule has 0 saturated carbocycles. The van der Waals surface area contributed by atoms with Gasteiger partial charge in [0.25, 0.3) is 5.91 Å². The molecule has 0 aliphatic carbocycles. The summed E-state index contributed by atoms with van der Waals surface area (Å²) < 4.78 is 20.5. The maximum atomic E-state index is 12.1. The molecule has 2 rings (SSSR count). The minimum atomic E-state index is -0.658. The average molecular weight is 420 g/mol. The van der Waals surface area contributed by atoms with E-state index in [0.29, 0.717) is 33.5 Å². The minimum absolute atomic E-state index is 0.411. The fourth-order valence-corrected chi connectivity index (χ4v) is 2.58. The Morgan fingerprint density at radius 3 is 2.34 bits per heavy atom. The van der Waals surface area contributed by atoms with Crippen molar-refractivity contribution < 1.29 is 28.5 Å². The van der Waals surface area contributed by atoms with Crippen LogP contribution in [0.15, 0.2) is 36.4 Å². The van der Waals surface area contributed by atoms with Crippen LogP contribution in [0.1, 0.15) is 11.1 Å². The van der Waals surface area contributed by atoms with Gasteiger partial charge in [-0.2, -0.15) is 0 Å². The lowest BCUT2D eigenvalue weighted by Crippen LogP contribution is -2.20. The zero-order valence-electron chi connectivity index (χ0n) is 16.6. The predicted molar refractivity (Wildman–Crippen MR) is 111 cm³/mol. The van der Waals surface area contributed by atoms with E-state index >= 15 is 0 Å². The topological polar surface area (TPSA) is 83.1 Å². The second kappa shape index (κ2) is 10.4. The molecule has 1 N–H and O–H groups in total. The standard InChI is InChI=1S/C21H22ClNO6/c1-13-9-16(18(27-3)11-15(13)22)23-20(24)12-29-21(25)8-6-14-5-7-17(26-2)19(10-14)28-4/h5-11H,12H2,1-4H3,(H,23,24)/b8-6+. The van der Waals surface area contributed by atoms with Crippen molar-refractivity contribution in [3.63, 3.8) is 0 Å². The number of nitrogens with one attached hydrogen (secondary N) is 1. The van der Waals surface area contributed by atoms with Crippen LogP contribution in [0.4, 0.5) is 5.69 Å². The summed E-state index contributed by atoms with van der Waals surface area (Å²) in [5.41, 5.74) is 1.93. The van der Waals surface area contributed by atoms with Crippen molar-refractivity contribution in [3.05, 3.63) is 52.6 Å². The van der Waals surface area contributed by atoms with Gasteiger partial charge in [-0.1, -0.05) is 17.7 Å². The number of esters is 1. The number of carbonyl (C=O) groups is 2. The Labute approximate surface area is 174 Å². The first-order chi connectivity index (χ1) is 13.9. The third-order valence-corrected chi connectivity index (χ3v) is 4.33. The molecule has 0 fully saturated rings. The Kier molecular flexibility index (Phi) is 7.91. The van der Waals surface area contributed by atoms with E-state index in [1.165, 1.54) is 27.4 Å². The number of methoxy groups -OCH3 is 3. The molecule has 0 saturated heterocycles. The van der Waals surface area contributed by atoms with Gasteiger partial charge in [-0.05, 0) is 42.3 Å².